The highest BCUT2D eigenvalue weighted by molar-refractivity contribution is 9.10. The number of rotatable bonds is 5. The van der Waals surface area contributed by atoms with Crippen molar-refractivity contribution in [1.29, 1.82) is 0 Å². The van der Waals surface area contributed by atoms with Crippen LogP contribution in [0.4, 0.5) is 0 Å². The molecular formula is C16H25BrN2O. The third-order valence-electron chi connectivity index (χ3n) is 4.20. The minimum Gasteiger partial charge on any atom is -0.496 e. The molecule has 1 aromatic rings. The van der Waals surface area contributed by atoms with Crippen molar-refractivity contribution in [2.45, 2.75) is 32.4 Å². The van der Waals surface area contributed by atoms with Crippen molar-refractivity contribution >= 4 is 15.9 Å². The van der Waals surface area contributed by atoms with E-state index >= 15 is 0 Å². The zero-order valence-corrected chi connectivity index (χ0v) is 14.4. The Morgan fingerprint density at radius 2 is 2.20 bits per heavy atom. The summed E-state index contributed by atoms with van der Waals surface area (Å²) in [4.78, 5) is 2.59. The standard InChI is InChI=1S/C16H25BrN2O/c1-11(2)19-8-7-12(10-18-3)16(19)14-9-13(17)5-6-15(14)20-4/h5-6,9,11-12,16,18H,7-8,10H2,1-4H3. The smallest absolute Gasteiger partial charge is 0.123 e. The van der Waals surface area contributed by atoms with Crippen LogP contribution >= 0.6 is 15.9 Å². The van der Waals surface area contributed by atoms with E-state index in [1.165, 1.54) is 12.0 Å². The highest BCUT2D eigenvalue weighted by Crippen LogP contribution is 2.42. The van der Waals surface area contributed by atoms with Gasteiger partial charge in [-0.25, -0.2) is 0 Å². The average Bonchev–Trinajstić information content (AvgIpc) is 2.83. The molecular weight excluding hydrogens is 316 g/mol. The van der Waals surface area contributed by atoms with Gasteiger partial charge in [-0.15, -0.1) is 0 Å². The lowest BCUT2D eigenvalue weighted by molar-refractivity contribution is 0.179. The molecule has 0 amide bonds. The van der Waals surface area contributed by atoms with Gasteiger partial charge in [-0.1, -0.05) is 15.9 Å². The van der Waals surface area contributed by atoms with Crippen LogP contribution < -0.4 is 10.1 Å². The van der Waals surface area contributed by atoms with Crippen LogP contribution in [-0.2, 0) is 0 Å². The fourth-order valence-corrected chi connectivity index (χ4v) is 3.69. The quantitative estimate of drug-likeness (QED) is 0.888. The molecule has 0 aliphatic carbocycles. The SMILES string of the molecule is CNCC1CCN(C(C)C)C1c1cc(Br)ccc1OC. The van der Waals surface area contributed by atoms with Crippen molar-refractivity contribution in [1.82, 2.24) is 10.2 Å². The summed E-state index contributed by atoms with van der Waals surface area (Å²) in [6.45, 7) is 6.76. The van der Waals surface area contributed by atoms with Gasteiger partial charge in [0.2, 0.25) is 0 Å². The lowest BCUT2D eigenvalue weighted by Crippen LogP contribution is -2.34. The van der Waals surface area contributed by atoms with E-state index in [0.29, 0.717) is 18.0 Å². The zero-order chi connectivity index (χ0) is 14.7. The summed E-state index contributed by atoms with van der Waals surface area (Å²) in [5.41, 5.74) is 1.30. The first-order valence-corrected chi connectivity index (χ1v) is 8.11. The van der Waals surface area contributed by atoms with Crippen LogP contribution in [0, 0.1) is 5.92 Å². The maximum absolute atomic E-state index is 5.60. The van der Waals surface area contributed by atoms with Crippen LogP contribution in [0.15, 0.2) is 22.7 Å². The molecule has 2 atom stereocenters. The maximum atomic E-state index is 5.60. The third kappa shape index (κ3) is 3.18. The predicted molar refractivity (Wildman–Crippen MR) is 87.3 cm³/mol. The van der Waals surface area contributed by atoms with Gasteiger partial charge in [-0.05, 0) is 64.5 Å². The first-order chi connectivity index (χ1) is 9.58. The summed E-state index contributed by atoms with van der Waals surface area (Å²) in [7, 11) is 3.79. The van der Waals surface area contributed by atoms with Gasteiger partial charge in [0.15, 0.2) is 0 Å². The van der Waals surface area contributed by atoms with Crippen molar-refractivity contribution < 1.29 is 4.74 Å². The molecule has 0 spiro atoms. The lowest BCUT2D eigenvalue weighted by Gasteiger charge is -2.32. The number of likely N-dealkylation sites (tertiary alicyclic amines) is 1. The van der Waals surface area contributed by atoms with Gasteiger partial charge >= 0.3 is 0 Å². The van der Waals surface area contributed by atoms with E-state index in [1.807, 2.05) is 13.1 Å². The molecule has 0 saturated carbocycles. The van der Waals surface area contributed by atoms with Crippen molar-refractivity contribution in [3.8, 4) is 5.75 Å². The molecule has 0 radical (unpaired) electrons. The molecule has 1 saturated heterocycles. The summed E-state index contributed by atoms with van der Waals surface area (Å²) < 4.78 is 6.72. The number of ether oxygens (including phenoxy) is 1. The number of benzene rings is 1. The normalized spacial score (nSPS) is 23.5. The maximum Gasteiger partial charge on any atom is 0.123 e. The molecule has 4 heteroatoms. The Hall–Kier alpha value is -0.580. The van der Waals surface area contributed by atoms with E-state index in [0.717, 1.165) is 23.3 Å². The van der Waals surface area contributed by atoms with Crippen molar-refractivity contribution in [3.05, 3.63) is 28.2 Å². The third-order valence-corrected chi connectivity index (χ3v) is 4.70. The number of methoxy groups -OCH3 is 1. The Balaban J connectivity index is 2.40. The molecule has 1 N–H and O–H groups in total. The van der Waals surface area contributed by atoms with E-state index in [4.69, 9.17) is 4.74 Å². The largest absolute Gasteiger partial charge is 0.496 e. The minimum atomic E-state index is 0.426. The first kappa shape index (κ1) is 15.8. The fourth-order valence-electron chi connectivity index (χ4n) is 3.31. The number of halogens is 1. The number of nitrogens with zero attached hydrogens (tertiary/aromatic N) is 1. The van der Waals surface area contributed by atoms with Crippen LogP contribution in [0.2, 0.25) is 0 Å². The molecule has 3 nitrogen and oxygen atoms in total. The second-order valence-corrected chi connectivity index (χ2v) is 6.68. The van der Waals surface area contributed by atoms with Crippen LogP contribution in [0.5, 0.6) is 5.75 Å². The van der Waals surface area contributed by atoms with Crippen LogP contribution in [0.1, 0.15) is 31.9 Å². The Labute approximate surface area is 130 Å². The molecule has 0 aromatic heterocycles. The molecule has 1 fully saturated rings. The molecule has 1 aliphatic heterocycles. The van der Waals surface area contributed by atoms with Crippen molar-refractivity contribution in [2.24, 2.45) is 5.92 Å². The summed E-state index contributed by atoms with van der Waals surface area (Å²) in [6.07, 6.45) is 1.24. The zero-order valence-electron chi connectivity index (χ0n) is 12.8. The highest BCUT2D eigenvalue weighted by Gasteiger charge is 2.37. The number of nitrogens with one attached hydrogen (secondary N) is 1. The van der Waals surface area contributed by atoms with E-state index in [9.17, 15) is 0 Å². The topological polar surface area (TPSA) is 24.5 Å². The summed E-state index contributed by atoms with van der Waals surface area (Å²) in [5.74, 6) is 1.62. The molecule has 1 heterocycles. The van der Waals surface area contributed by atoms with Gasteiger partial charge in [-0.2, -0.15) is 0 Å². The van der Waals surface area contributed by atoms with Gasteiger partial charge in [0, 0.05) is 22.1 Å². The monoisotopic (exact) mass is 340 g/mol. The molecule has 0 bridgehead atoms. The Kier molecular flexibility index (Phi) is 5.47. The summed E-state index contributed by atoms with van der Waals surface area (Å²) in [6, 6.07) is 7.30. The molecule has 20 heavy (non-hydrogen) atoms. The number of hydrogen-bond donors (Lipinski definition) is 1. The van der Waals surface area contributed by atoms with Crippen LogP contribution in [0.25, 0.3) is 0 Å². The van der Waals surface area contributed by atoms with E-state index in [-0.39, 0.29) is 0 Å². The van der Waals surface area contributed by atoms with Crippen molar-refractivity contribution in [3.63, 3.8) is 0 Å². The van der Waals surface area contributed by atoms with Gasteiger partial charge in [0.25, 0.3) is 0 Å². The predicted octanol–water partition coefficient (Wildman–Crippen LogP) is 3.45. The molecule has 2 rings (SSSR count). The van der Waals surface area contributed by atoms with E-state index < -0.39 is 0 Å². The average molecular weight is 341 g/mol. The van der Waals surface area contributed by atoms with Crippen LogP contribution in [-0.4, -0.2) is 38.2 Å². The Morgan fingerprint density at radius 3 is 2.80 bits per heavy atom. The molecule has 112 valence electrons. The Morgan fingerprint density at radius 1 is 1.45 bits per heavy atom. The highest BCUT2D eigenvalue weighted by atomic mass is 79.9. The second-order valence-electron chi connectivity index (χ2n) is 5.77. The van der Waals surface area contributed by atoms with E-state index in [1.54, 1.807) is 7.11 Å². The molecule has 1 aromatic carbocycles. The molecule has 1 aliphatic rings. The molecule has 2 unspecified atom stereocenters. The van der Waals surface area contributed by atoms with Crippen molar-refractivity contribution in [2.75, 3.05) is 27.2 Å². The van der Waals surface area contributed by atoms with E-state index in [2.05, 4.69) is 52.1 Å². The fraction of sp³-hybridized carbons (Fsp3) is 0.625. The van der Waals surface area contributed by atoms with Gasteiger partial charge in [0.05, 0.1) is 7.11 Å². The first-order valence-electron chi connectivity index (χ1n) is 7.32. The summed E-state index contributed by atoms with van der Waals surface area (Å²) in [5, 5.41) is 3.34. The Bertz CT molecular complexity index is 450. The van der Waals surface area contributed by atoms with Gasteiger partial charge in [-0.3, -0.25) is 4.90 Å². The lowest BCUT2D eigenvalue weighted by atomic mass is 9.92. The van der Waals surface area contributed by atoms with Crippen LogP contribution in [0.3, 0.4) is 0 Å². The van der Waals surface area contributed by atoms with Gasteiger partial charge < -0.3 is 10.1 Å². The second kappa shape index (κ2) is 6.92. The minimum absolute atomic E-state index is 0.426. The summed E-state index contributed by atoms with van der Waals surface area (Å²) >= 11 is 3.60. The number of hydrogen-bond acceptors (Lipinski definition) is 3. The van der Waals surface area contributed by atoms with Gasteiger partial charge in [0.1, 0.15) is 5.75 Å².